The van der Waals surface area contributed by atoms with Crippen molar-refractivity contribution >= 4 is 23.2 Å². The van der Waals surface area contributed by atoms with Gasteiger partial charge in [0.25, 0.3) is 0 Å². The Morgan fingerprint density at radius 3 is 2.38 bits per heavy atom. The molecule has 0 heterocycles. The molecule has 1 atom stereocenters. The molecule has 0 aliphatic carbocycles. The smallest absolute Gasteiger partial charge is 0.0742 e. The Labute approximate surface area is 107 Å². The molecule has 0 aliphatic rings. The van der Waals surface area contributed by atoms with E-state index < -0.39 is 0 Å². The molecule has 0 aromatic heterocycles. The maximum absolute atomic E-state index is 9.16. The summed E-state index contributed by atoms with van der Waals surface area (Å²) >= 11 is 12.2. The Bertz CT molecular complexity index is 362. The van der Waals surface area contributed by atoms with E-state index in [-0.39, 0.29) is 5.92 Å². The van der Waals surface area contributed by atoms with Crippen molar-refractivity contribution in [2.45, 2.75) is 38.5 Å². The van der Waals surface area contributed by atoms with Crippen molar-refractivity contribution in [3.05, 3.63) is 33.8 Å². The molecule has 86 valence electrons. The van der Waals surface area contributed by atoms with Crippen molar-refractivity contribution in [1.29, 1.82) is 5.26 Å². The van der Waals surface area contributed by atoms with Crippen LogP contribution >= 0.6 is 23.2 Å². The van der Waals surface area contributed by atoms with Gasteiger partial charge in [-0.15, -0.1) is 0 Å². The van der Waals surface area contributed by atoms with Crippen LogP contribution in [0.4, 0.5) is 0 Å². The summed E-state index contributed by atoms with van der Waals surface area (Å²) in [5.41, 5.74) is 0.782. The van der Waals surface area contributed by atoms with Crippen molar-refractivity contribution < 1.29 is 0 Å². The lowest BCUT2D eigenvalue weighted by atomic mass is 9.94. The zero-order chi connectivity index (χ0) is 12.0. The Hall–Kier alpha value is -0.710. The zero-order valence-corrected chi connectivity index (χ0v) is 10.9. The summed E-state index contributed by atoms with van der Waals surface area (Å²) in [5.74, 6) is -0.187. The minimum Gasteiger partial charge on any atom is -0.198 e. The van der Waals surface area contributed by atoms with Gasteiger partial charge in [-0.05, 0) is 18.6 Å². The predicted octanol–water partition coefficient (Wildman–Crippen LogP) is 5.18. The molecular formula is C13H15Cl2N. The first-order valence-corrected chi connectivity index (χ1v) is 6.29. The number of nitrogens with zero attached hydrogens (tertiary/aromatic N) is 1. The molecule has 0 amide bonds. The molecule has 0 bridgehead atoms. The number of nitriles is 1. The van der Waals surface area contributed by atoms with E-state index in [4.69, 9.17) is 28.5 Å². The van der Waals surface area contributed by atoms with E-state index in [0.717, 1.165) is 31.2 Å². The van der Waals surface area contributed by atoms with Crippen LogP contribution in [0.2, 0.25) is 10.0 Å². The number of halogens is 2. The van der Waals surface area contributed by atoms with Gasteiger partial charge in [0.05, 0.1) is 12.0 Å². The monoisotopic (exact) mass is 255 g/mol. The molecule has 0 saturated heterocycles. The molecule has 1 rings (SSSR count). The summed E-state index contributed by atoms with van der Waals surface area (Å²) in [6, 6.07) is 7.66. The molecule has 1 aromatic carbocycles. The minimum absolute atomic E-state index is 0.187. The van der Waals surface area contributed by atoms with Crippen molar-refractivity contribution in [1.82, 2.24) is 0 Å². The lowest BCUT2D eigenvalue weighted by Gasteiger charge is -2.12. The molecule has 1 nitrogen and oxygen atoms in total. The molecule has 0 radical (unpaired) electrons. The van der Waals surface area contributed by atoms with Crippen molar-refractivity contribution in [3.63, 3.8) is 0 Å². The Morgan fingerprint density at radius 1 is 1.25 bits per heavy atom. The third-order valence-corrected chi connectivity index (χ3v) is 3.26. The molecular weight excluding hydrogens is 241 g/mol. The van der Waals surface area contributed by atoms with Gasteiger partial charge in [0, 0.05) is 15.6 Å². The quantitative estimate of drug-likeness (QED) is 0.666. The summed E-state index contributed by atoms with van der Waals surface area (Å²) in [4.78, 5) is 0. The van der Waals surface area contributed by atoms with Crippen LogP contribution in [0, 0.1) is 11.3 Å². The van der Waals surface area contributed by atoms with Gasteiger partial charge in [0.15, 0.2) is 0 Å². The summed E-state index contributed by atoms with van der Waals surface area (Å²) < 4.78 is 0. The SMILES string of the molecule is CCCCC[C@H](C#N)c1c(Cl)cccc1Cl. The van der Waals surface area contributed by atoms with E-state index in [0.29, 0.717) is 10.0 Å². The van der Waals surface area contributed by atoms with Crippen LogP contribution in [-0.4, -0.2) is 0 Å². The first kappa shape index (κ1) is 13.4. The number of benzene rings is 1. The maximum atomic E-state index is 9.16. The van der Waals surface area contributed by atoms with Crippen LogP contribution in [0.1, 0.15) is 44.1 Å². The maximum Gasteiger partial charge on any atom is 0.0742 e. The standard InChI is InChI=1S/C13H15Cl2N/c1-2-3-4-6-10(9-16)13-11(14)7-5-8-12(13)15/h5,7-8,10H,2-4,6H2,1H3/t10-/m1/s1. The fourth-order valence-electron chi connectivity index (χ4n) is 1.72. The normalized spacial score (nSPS) is 12.1. The second kappa shape index (κ2) is 6.78. The molecule has 0 spiro atoms. The Balaban J connectivity index is 2.83. The van der Waals surface area contributed by atoms with E-state index in [1.54, 1.807) is 18.2 Å². The number of hydrogen-bond acceptors (Lipinski definition) is 1. The van der Waals surface area contributed by atoms with E-state index in [9.17, 15) is 0 Å². The van der Waals surface area contributed by atoms with E-state index in [2.05, 4.69) is 13.0 Å². The van der Waals surface area contributed by atoms with Crippen molar-refractivity contribution in [2.24, 2.45) is 0 Å². The first-order valence-electron chi connectivity index (χ1n) is 5.54. The number of hydrogen-bond donors (Lipinski definition) is 0. The van der Waals surface area contributed by atoms with Crippen molar-refractivity contribution in [3.8, 4) is 6.07 Å². The summed E-state index contributed by atoms with van der Waals surface area (Å²) in [6.45, 7) is 2.14. The molecule has 1 aromatic rings. The van der Waals surface area contributed by atoms with Gasteiger partial charge in [0.2, 0.25) is 0 Å². The van der Waals surface area contributed by atoms with Gasteiger partial charge in [-0.3, -0.25) is 0 Å². The molecule has 0 N–H and O–H groups in total. The summed E-state index contributed by atoms with van der Waals surface area (Å²) in [6.07, 6.45) is 4.15. The van der Waals surface area contributed by atoms with Gasteiger partial charge in [0.1, 0.15) is 0 Å². The topological polar surface area (TPSA) is 23.8 Å². The summed E-state index contributed by atoms with van der Waals surface area (Å²) in [5, 5.41) is 10.3. The van der Waals surface area contributed by atoms with Crippen LogP contribution in [0.25, 0.3) is 0 Å². The third kappa shape index (κ3) is 3.40. The van der Waals surface area contributed by atoms with Gasteiger partial charge in [-0.1, -0.05) is 55.5 Å². The average Bonchev–Trinajstić information content (AvgIpc) is 2.26. The highest BCUT2D eigenvalue weighted by atomic mass is 35.5. The van der Waals surface area contributed by atoms with E-state index in [1.807, 2.05) is 0 Å². The average molecular weight is 256 g/mol. The number of unbranched alkanes of at least 4 members (excludes halogenated alkanes) is 2. The largest absolute Gasteiger partial charge is 0.198 e. The van der Waals surface area contributed by atoms with Gasteiger partial charge in [-0.25, -0.2) is 0 Å². The van der Waals surface area contributed by atoms with Crippen LogP contribution in [0.15, 0.2) is 18.2 Å². The molecule has 0 unspecified atom stereocenters. The first-order chi connectivity index (χ1) is 7.70. The summed E-state index contributed by atoms with van der Waals surface area (Å²) in [7, 11) is 0. The van der Waals surface area contributed by atoms with Crippen LogP contribution < -0.4 is 0 Å². The second-order valence-electron chi connectivity index (χ2n) is 3.81. The van der Waals surface area contributed by atoms with E-state index in [1.165, 1.54) is 0 Å². The Kier molecular flexibility index (Phi) is 5.66. The fraction of sp³-hybridized carbons (Fsp3) is 0.462. The van der Waals surface area contributed by atoms with Gasteiger partial charge < -0.3 is 0 Å². The van der Waals surface area contributed by atoms with Gasteiger partial charge in [-0.2, -0.15) is 5.26 Å². The second-order valence-corrected chi connectivity index (χ2v) is 4.63. The predicted molar refractivity (Wildman–Crippen MR) is 69.0 cm³/mol. The molecule has 0 saturated carbocycles. The van der Waals surface area contributed by atoms with E-state index >= 15 is 0 Å². The van der Waals surface area contributed by atoms with Crippen LogP contribution in [0.3, 0.4) is 0 Å². The molecule has 0 fully saturated rings. The number of rotatable bonds is 5. The highest BCUT2D eigenvalue weighted by Gasteiger charge is 2.16. The zero-order valence-electron chi connectivity index (χ0n) is 9.34. The van der Waals surface area contributed by atoms with Gasteiger partial charge >= 0.3 is 0 Å². The lowest BCUT2D eigenvalue weighted by molar-refractivity contribution is 0.634. The molecule has 3 heteroatoms. The van der Waals surface area contributed by atoms with Crippen LogP contribution in [-0.2, 0) is 0 Å². The lowest BCUT2D eigenvalue weighted by Crippen LogP contribution is -1.98. The van der Waals surface area contributed by atoms with Crippen molar-refractivity contribution in [2.75, 3.05) is 0 Å². The Morgan fingerprint density at radius 2 is 1.88 bits per heavy atom. The highest BCUT2D eigenvalue weighted by molar-refractivity contribution is 6.36. The third-order valence-electron chi connectivity index (χ3n) is 2.60. The van der Waals surface area contributed by atoms with Crippen LogP contribution in [0.5, 0.6) is 0 Å². The highest BCUT2D eigenvalue weighted by Crippen LogP contribution is 2.34. The molecule has 0 aliphatic heterocycles. The fourth-order valence-corrected chi connectivity index (χ4v) is 2.38. The molecule has 16 heavy (non-hydrogen) atoms. The minimum atomic E-state index is -0.187.